The largest absolute Gasteiger partial charge is 0.370 e. The van der Waals surface area contributed by atoms with Crippen molar-refractivity contribution in [3.05, 3.63) is 0 Å². The number of carbonyl (C=O) groups excluding carboxylic acids is 2. The summed E-state index contributed by atoms with van der Waals surface area (Å²) in [6.45, 7) is 0.319. The first kappa shape index (κ1) is 9.42. The number of rotatable bonds is 4. The molecule has 2 amide bonds. The Morgan fingerprint density at radius 1 is 1.50 bits per heavy atom. The molecule has 0 aromatic rings. The summed E-state index contributed by atoms with van der Waals surface area (Å²) in [5, 5.41) is 2.73. The molecule has 0 spiro atoms. The van der Waals surface area contributed by atoms with Crippen LogP contribution in [0.25, 0.3) is 0 Å². The number of primary amides is 1. The van der Waals surface area contributed by atoms with Gasteiger partial charge in [-0.2, -0.15) is 0 Å². The number of amides is 2. The molecule has 0 radical (unpaired) electrons. The smallest absolute Gasteiger partial charge is 0.230 e. The second-order valence-electron chi connectivity index (χ2n) is 1.70. The molecule has 58 valence electrons. The minimum absolute atomic E-state index is 0.138. The zero-order chi connectivity index (χ0) is 7.98. The number of alkyl halides is 1. The van der Waals surface area contributed by atoms with E-state index in [4.69, 9.17) is 5.73 Å². The molecule has 0 aliphatic carbocycles. The number of hydrogen-bond donors (Lipinski definition) is 2. The van der Waals surface area contributed by atoms with Crippen LogP contribution in [0.1, 0.15) is 6.42 Å². The molecular weight excluding hydrogens is 200 g/mol. The lowest BCUT2D eigenvalue weighted by Gasteiger charge is -1.98. The monoisotopic (exact) mass is 208 g/mol. The summed E-state index contributed by atoms with van der Waals surface area (Å²) in [6, 6.07) is 0. The van der Waals surface area contributed by atoms with E-state index in [1.165, 1.54) is 0 Å². The van der Waals surface area contributed by atoms with Crippen LogP contribution >= 0.6 is 15.9 Å². The highest BCUT2D eigenvalue weighted by Gasteiger charge is 1.97. The SMILES string of the molecule is NC(=O)CCNC(=O)CBr. The van der Waals surface area contributed by atoms with Crippen molar-refractivity contribution in [1.29, 1.82) is 0 Å². The molecule has 0 heterocycles. The molecule has 0 saturated carbocycles. The first-order valence-corrected chi connectivity index (χ1v) is 3.90. The van der Waals surface area contributed by atoms with Gasteiger partial charge in [0.1, 0.15) is 0 Å². The van der Waals surface area contributed by atoms with E-state index in [-0.39, 0.29) is 17.7 Å². The van der Waals surface area contributed by atoms with Crippen LogP contribution < -0.4 is 11.1 Å². The van der Waals surface area contributed by atoms with E-state index < -0.39 is 5.91 Å². The van der Waals surface area contributed by atoms with E-state index in [9.17, 15) is 9.59 Å². The maximum Gasteiger partial charge on any atom is 0.230 e. The van der Waals surface area contributed by atoms with Crippen molar-refractivity contribution in [1.82, 2.24) is 5.32 Å². The van der Waals surface area contributed by atoms with Crippen LogP contribution in [0, 0.1) is 0 Å². The standard InChI is InChI=1S/C5H9BrN2O2/c6-3-5(10)8-2-1-4(7)9/h1-3H2,(H2,7,9)(H,8,10). The van der Waals surface area contributed by atoms with Crippen LogP contribution in [0.4, 0.5) is 0 Å². The minimum atomic E-state index is -0.408. The first-order chi connectivity index (χ1) is 4.66. The molecule has 0 aliphatic rings. The predicted octanol–water partition coefficient (Wildman–Crippen LogP) is -0.627. The predicted molar refractivity (Wildman–Crippen MR) is 40.6 cm³/mol. The molecule has 10 heavy (non-hydrogen) atoms. The maximum absolute atomic E-state index is 10.5. The van der Waals surface area contributed by atoms with Crippen molar-refractivity contribution in [2.24, 2.45) is 5.73 Å². The van der Waals surface area contributed by atoms with Gasteiger partial charge in [0, 0.05) is 13.0 Å². The van der Waals surface area contributed by atoms with Crippen LogP contribution in [0.3, 0.4) is 0 Å². The van der Waals surface area contributed by atoms with Crippen LogP contribution in [0.5, 0.6) is 0 Å². The van der Waals surface area contributed by atoms with Gasteiger partial charge in [0.15, 0.2) is 0 Å². The summed E-state index contributed by atoms with van der Waals surface area (Å²) in [4.78, 5) is 20.6. The Bertz CT molecular complexity index is 138. The van der Waals surface area contributed by atoms with Crippen molar-refractivity contribution in [3.63, 3.8) is 0 Å². The average molecular weight is 209 g/mol. The van der Waals surface area contributed by atoms with Gasteiger partial charge in [-0.1, -0.05) is 15.9 Å². The quantitative estimate of drug-likeness (QED) is 0.605. The van der Waals surface area contributed by atoms with Gasteiger partial charge in [-0.25, -0.2) is 0 Å². The van der Waals surface area contributed by atoms with E-state index in [0.29, 0.717) is 6.54 Å². The Balaban J connectivity index is 3.20. The number of nitrogens with two attached hydrogens (primary N) is 1. The molecule has 0 unspecified atom stereocenters. The van der Waals surface area contributed by atoms with Crippen molar-refractivity contribution >= 4 is 27.7 Å². The molecule has 0 fully saturated rings. The van der Waals surface area contributed by atoms with E-state index in [1.807, 2.05) is 0 Å². The molecule has 0 aromatic heterocycles. The summed E-state index contributed by atoms with van der Waals surface area (Å²) in [7, 11) is 0. The number of halogens is 1. The number of carbonyl (C=O) groups is 2. The second-order valence-corrected chi connectivity index (χ2v) is 2.26. The van der Waals surface area contributed by atoms with Gasteiger partial charge >= 0.3 is 0 Å². The summed E-state index contributed by atoms with van der Waals surface area (Å²) < 4.78 is 0. The molecule has 0 atom stereocenters. The van der Waals surface area contributed by atoms with Gasteiger partial charge in [0.05, 0.1) is 5.33 Å². The van der Waals surface area contributed by atoms with Gasteiger partial charge in [-0.15, -0.1) is 0 Å². The van der Waals surface area contributed by atoms with Crippen LogP contribution in [-0.2, 0) is 9.59 Å². The van der Waals surface area contributed by atoms with Gasteiger partial charge in [0.25, 0.3) is 0 Å². The van der Waals surface area contributed by atoms with Crippen LogP contribution in [0.15, 0.2) is 0 Å². The third kappa shape index (κ3) is 5.55. The van der Waals surface area contributed by atoms with Crippen molar-refractivity contribution in [3.8, 4) is 0 Å². The molecule has 0 bridgehead atoms. The average Bonchev–Trinajstić information content (AvgIpc) is 1.87. The molecule has 0 saturated heterocycles. The lowest BCUT2D eigenvalue weighted by molar-refractivity contribution is -0.119. The zero-order valence-electron chi connectivity index (χ0n) is 5.39. The number of hydrogen-bond acceptors (Lipinski definition) is 2. The molecule has 0 aliphatic heterocycles. The van der Waals surface area contributed by atoms with Crippen molar-refractivity contribution in [2.45, 2.75) is 6.42 Å². The summed E-state index contributed by atoms with van der Waals surface area (Å²) in [5.41, 5.74) is 4.82. The Labute approximate surface area is 67.3 Å². The minimum Gasteiger partial charge on any atom is -0.370 e. The third-order valence-electron chi connectivity index (χ3n) is 0.815. The topological polar surface area (TPSA) is 72.2 Å². The highest BCUT2D eigenvalue weighted by Crippen LogP contribution is 1.79. The number of nitrogens with one attached hydrogen (secondary N) is 1. The summed E-state index contributed by atoms with van der Waals surface area (Å²) in [5.74, 6) is -0.545. The van der Waals surface area contributed by atoms with E-state index in [2.05, 4.69) is 21.2 Å². The first-order valence-electron chi connectivity index (χ1n) is 2.77. The highest BCUT2D eigenvalue weighted by atomic mass is 79.9. The third-order valence-corrected chi connectivity index (χ3v) is 1.32. The van der Waals surface area contributed by atoms with Crippen LogP contribution in [0.2, 0.25) is 0 Å². The Morgan fingerprint density at radius 3 is 2.50 bits per heavy atom. The van der Waals surface area contributed by atoms with Crippen molar-refractivity contribution in [2.75, 3.05) is 11.9 Å². The summed E-state index contributed by atoms with van der Waals surface area (Å²) in [6.07, 6.45) is 0.193. The summed E-state index contributed by atoms with van der Waals surface area (Å²) >= 11 is 2.95. The van der Waals surface area contributed by atoms with Crippen LogP contribution in [-0.4, -0.2) is 23.7 Å². The Hall–Kier alpha value is -0.580. The van der Waals surface area contributed by atoms with E-state index in [1.54, 1.807) is 0 Å². The van der Waals surface area contributed by atoms with Gasteiger partial charge in [-0.3, -0.25) is 9.59 Å². The molecule has 0 rings (SSSR count). The van der Waals surface area contributed by atoms with Crippen molar-refractivity contribution < 1.29 is 9.59 Å². The van der Waals surface area contributed by atoms with Gasteiger partial charge < -0.3 is 11.1 Å². The molecule has 4 nitrogen and oxygen atoms in total. The molecular formula is C5H9BrN2O2. The second kappa shape index (κ2) is 5.22. The van der Waals surface area contributed by atoms with E-state index in [0.717, 1.165) is 0 Å². The molecule has 0 aromatic carbocycles. The van der Waals surface area contributed by atoms with Gasteiger partial charge in [-0.05, 0) is 0 Å². The fourth-order valence-corrected chi connectivity index (χ4v) is 0.571. The normalized spacial score (nSPS) is 8.90. The maximum atomic E-state index is 10.5. The lowest BCUT2D eigenvalue weighted by atomic mass is 10.4. The Morgan fingerprint density at radius 2 is 2.10 bits per heavy atom. The fraction of sp³-hybridized carbons (Fsp3) is 0.600. The zero-order valence-corrected chi connectivity index (χ0v) is 6.98. The highest BCUT2D eigenvalue weighted by molar-refractivity contribution is 9.09. The fourth-order valence-electron chi connectivity index (χ4n) is 0.372. The van der Waals surface area contributed by atoms with E-state index >= 15 is 0 Å². The molecule has 3 N–H and O–H groups in total. The molecule has 5 heteroatoms. The van der Waals surface area contributed by atoms with Gasteiger partial charge in [0.2, 0.25) is 11.8 Å². The lowest BCUT2D eigenvalue weighted by Crippen LogP contribution is -2.28. The Kier molecular flexibility index (Phi) is 4.92.